The Labute approximate surface area is 125 Å². The van der Waals surface area contributed by atoms with Gasteiger partial charge in [0.1, 0.15) is 0 Å². The average molecular weight is 290 g/mol. The molecule has 3 atom stereocenters. The molecule has 0 radical (unpaired) electrons. The molecule has 0 aliphatic heterocycles. The largest absolute Gasteiger partial charge is 0.387 e. The van der Waals surface area contributed by atoms with Gasteiger partial charge in [-0.3, -0.25) is 0 Å². The van der Waals surface area contributed by atoms with Crippen LogP contribution < -0.4 is 5.73 Å². The molecule has 2 nitrogen and oxygen atoms in total. The third kappa shape index (κ3) is 3.60. The first-order valence-corrected chi connectivity index (χ1v) is 7.19. The van der Waals surface area contributed by atoms with E-state index in [1.807, 2.05) is 61.5 Å². The summed E-state index contributed by atoms with van der Waals surface area (Å²) in [5, 5.41) is 11.1. The second-order valence-corrected chi connectivity index (χ2v) is 5.61. The van der Waals surface area contributed by atoms with E-state index in [1.54, 1.807) is 0 Å². The molecule has 2 rings (SSSR count). The standard InChI is InChI=1S/C17H20ClNO/c1-12(11-14-9-5-6-10-15(14)18)16(19)17(20)13-7-3-2-4-8-13/h2-10,12,16-17,20H,11,19H2,1H3. The Kier molecular flexibility index (Phi) is 5.18. The van der Waals surface area contributed by atoms with Crippen molar-refractivity contribution < 1.29 is 5.11 Å². The van der Waals surface area contributed by atoms with E-state index in [9.17, 15) is 5.11 Å². The molecule has 2 aromatic rings. The third-order valence-corrected chi connectivity index (χ3v) is 4.03. The summed E-state index contributed by atoms with van der Waals surface area (Å²) >= 11 is 6.17. The van der Waals surface area contributed by atoms with Crippen LogP contribution in [0.25, 0.3) is 0 Å². The highest BCUT2D eigenvalue weighted by Crippen LogP contribution is 2.25. The first kappa shape index (κ1) is 15.0. The second-order valence-electron chi connectivity index (χ2n) is 5.21. The molecule has 0 spiro atoms. The number of benzene rings is 2. The minimum absolute atomic E-state index is 0.130. The second kappa shape index (κ2) is 6.89. The van der Waals surface area contributed by atoms with Gasteiger partial charge in [0.05, 0.1) is 6.10 Å². The topological polar surface area (TPSA) is 46.2 Å². The number of hydrogen-bond donors (Lipinski definition) is 2. The monoisotopic (exact) mass is 289 g/mol. The van der Waals surface area contributed by atoms with Crippen molar-refractivity contribution in [2.45, 2.75) is 25.5 Å². The molecule has 3 unspecified atom stereocenters. The molecule has 3 heteroatoms. The third-order valence-electron chi connectivity index (χ3n) is 3.66. The maximum atomic E-state index is 10.3. The molecule has 0 heterocycles. The lowest BCUT2D eigenvalue weighted by atomic mass is 9.88. The van der Waals surface area contributed by atoms with Gasteiger partial charge in [0.25, 0.3) is 0 Å². The summed E-state index contributed by atoms with van der Waals surface area (Å²) in [6.45, 7) is 2.04. The Bertz CT molecular complexity index is 544. The fourth-order valence-corrected chi connectivity index (χ4v) is 2.54. The van der Waals surface area contributed by atoms with E-state index in [0.717, 1.165) is 22.6 Å². The fourth-order valence-electron chi connectivity index (χ4n) is 2.33. The van der Waals surface area contributed by atoms with Gasteiger partial charge < -0.3 is 10.8 Å². The van der Waals surface area contributed by atoms with E-state index in [2.05, 4.69) is 0 Å². The van der Waals surface area contributed by atoms with Crippen LogP contribution in [0.15, 0.2) is 54.6 Å². The molecule has 0 fully saturated rings. The molecule has 0 aliphatic carbocycles. The van der Waals surface area contributed by atoms with E-state index in [4.69, 9.17) is 17.3 Å². The van der Waals surface area contributed by atoms with Crippen molar-refractivity contribution in [3.8, 4) is 0 Å². The van der Waals surface area contributed by atoms with Gasteiger partial charge >= 0.3 is 0 Å². The molecule has 20 heavy (non-hydrogen) atoms. The molecule has 3 N–H and O–H groups in total. The predicted molar refractivity (Wildman–Crippen MR) is 83.7 cm³/mol. The highest BCUT2D eigenvalue weighted by atomic mass is 35.5. The summed E-state index contributed by atoms with van der Waals surface area (Å²) in [4.78, 5) is 0. The van der Waals surface area contributed by atoms with Gasteiger partial charge in [-0.2, -0.15) is 0 Å². The van der Waals surface area contributed by atoms with Crippen molar-refractivity contribution >= 4 is 11.6 Å². The van der Waals surface area contributed by atoms with Crippen LogP contribution in [0.4, 0.5) is 0 Å². The first-order chi connectivity index (χ1) is 9.59. The number of halogens is 1. The molecule has 106 valence electrons. The van der Waals surface area contributed by atoms with Crippen molar-refractivity contribution in [2.24, 2.45) is 11.7 Å². The zero-order chi connectivity index (χ0) is 14.5. The van der Waals surface area contributed by atoms with Crippen LogP contribution in [0, 0.1) is 5.92 Å². The number of rotatable bonds is 5. The number of aliphatic hydroxyl groups excluding tert-OH is 1. The molecular weight excluding hydrogens is 270 g/mol. The predicted octanol–water partition coefficient (Wildman–Crippen LogP) is 3.58. The van der Waals surface area contributed by atoms with Crippen molar-refractivity contribution in [3.63, 3.8) is 0 Å². The van der Waals surface area contributed by atoms with Gasteiger partial charge in [0.2, 0.25) is 0 Å². The molecular formula is C17H20ClNO. The highest BCUT2D eigenvalue weighted by molar-refractivity contribution is 6.31. The van der Waals surface area contributed by atoms with Gasteiger partial charge in [-0.15, -0.1) is 0 Å². The van der Waals surface area contributed by atoms with Crippen LogP contribution in [0.3, 0.4) is 0 Å². The summed E-state index contributed by atoms with van der Waals surface area (Å²) in [7, 11) is 0. The van der Waals surface area contributed by atoms with Gasteiger partial charge in [0, 0.05) is 11.1 Å². The van der Waals surface area contributed by atoms with Gasteiger partial charge in [-0.05, 0) is 29.5 Å². The zero-order valence-electron chi connectivity index (χ0n) is 11.5. The van der Waals surface area contributed by atoms with Gasteiger partial charge in [-0.1, -0.05) is 67.1 Å². The molecule has 0 aromatic heterocycles. The summed E-state index contributed by atoms with van der Waals surface area (Å²) in [5.74, 6) is 0.130. The Balaban J connectivity index is 2.05. The number of aliphatic hydroxyl groups is 1. The van der Waals surface area contributed by atoms with E-state index in [-0.39, 0.29) is 12.0 Å². The number of nitrogens with two attached hydrogens (primary N) is 1. The lowest BCUT2D eigenvalue weighted by molar-refractivity contribution is 0.121. The van der Waals surface area contributed by atoms with E-state index in [1.165, 1.54) is 0 Å². The van der Waals surface area contributed by atoms with Crippen molar-refractivity contribution in [1.29, 1.82) is 0 Å². The van der Waals surface area contributed by atoms with Crippen LogP contribution in [-0.4, -0.2) is 11.1 Å². The minimum Gasteiger partial charge on any atom is -0.387 e. The van der Waals surface area contributed by atoms with Gasteiger partial charge in [0.15, 0.2) is 0 Å². The molecule has 0 saturated carbocycles. The SMILES string of the molecule is CC(Cc1ccccc1Cl)C(N)C(O)c1ccccc1. The maximum Gasteiger partial charge on any atom is 0.0943 e. The average Bonchev–Trinajstić information content (AvgIpc) is 2.49. The Hall–Kier alpha value is -1.35. The highest BCUT2D eigenvalue weighted by Gasteiger charge is 2.23. The molecule has 0 bridgehead atoms. The molecule has 0 amide bonds. The molecule has 0 aliphatic rings. The van der Waals surface area contributed by atoms with Gasteiger partial charge in [-0.25, -0.2) is 0 Å². The van der Waals surface area contributed by atoms with Crippen LogP contribution in [0.2, 0.25) is 5.02 Å². The summed E-state index contributed by atoms with van der Waals surface area (Å²) in [5.41, 5.74) is 8.12. The van der Waals surface area contributed by atoms with Crippen molar-refractivity contribution in [1.82, 2.24) is 0 Å². The van der Waals surface area contributed by atoms with Crippen LogP contribution >= 0.6 is 11.6 Å². The smallest absolute Gasteiger partial charge is 0.0943 e. The minimum atomic E-state index is -0.659. The van der Waals surface area contributed by atoms with Crippen LogP contribution in [0.5, 0.6) is 0 Å². The lowest BCUT2D eigenvalue weighted by Crippen LogP contribution is -2.36. The van der Waals surface area contributed by atoms with E-state index >= 15 is 0 Å². The van der Waals surface area contributed by atoms with Crippen LogP contribution in [-0.2, 0) is 6.42 Å². The molecule has 2 aromatic carbocycles. The normalized spacial score (nSPS) is 15.6. The molecule has 0 saturated heterocycles. The number of hydrogen-bond acceptors (Lipinski definition) is 2. The van der Waals surface area contributed by atoms with Crippen LogP contribution in [0.1, 0.15) is 24.2 Å². The first-order valence-electron chi connectivity index (χ1n) is 6.81. The Morgan fingerprint density at radius 1 is 1.05 bits per heavy atom. The maximum absolute atomic E-state index is 10.3. The van der Waals surface area contributed by atoms with Crippen molar-refractivity contribution in [3.05, 3.63) is 70.7 Å². The quantitative estimate of drug-likeness (QED) is 0.884. The zero-order valence-corrected chi connectivity index (χ0v) is 12.3. The van der Waals surface area contributed by atoms with E-state index < -0.39 is 6.10 Å². The summed E-state index contributed by atoms with van der Waals surface area (Å²) in [6, 6.07) is 17.0. The summed E-state index contributed by atoms with van der Waals surface area (Å²) in [6.07, 6.45) is 0.0961. The fraction of sp³-hybridized carbons (Fsp3) is 0.294. The Morgan fingerprint density at radius 3 is 2.30 bits per heavy atom. The van der Waals surface area contributed by atoms with Crippen molar-refractivity contribution in [2.75, 3.05) is 0 Å². The van der Waals surface area contributed by atoms with E-state index in [0.29, 0.717) is 0 Å². The summed E-state index contributed by atoms with van der Waals surface area (Å²) < 4.78 is 0. The Morgan fingerprint density at radius 2 is 1.65 bits per heavy atom. The lowest BCUT2D eigenvalue weighted by Gasteiger charge is -2.25.